The van der Waals surface area contributed by atoms with E-state index in [9.17, 15) is 37.1 Å². The van der Waals surface area contributed by atoms with Crippen LogP contribution in [0.25, 0.3) is 11.1 Å². The third-order valence-electron chi connectivity index (χ3n) is 10.3. The summed E-state index contributed by atoms with van der Waals surface area (Å²) in [6.45, 7) is 5.83. The second kappa shape index (κ2) is 16.5. The summed E-state index contributed by atoms with van der Waals surface area (Å²) in [4.78, 5) is 35.3. The van der Waals surface area contributed by atoms with Crippen molar-refractivity contribution >= 4 is 35.6 Å². The maximum absolute atomic E-state index is 16.0. The maximum Gasteiger partial charge on any atom is 0.362 e. The average molecular weight is 931 g/mol. The fourth-order valence-electron chi connectivity index (χ4n) is 6.99. The number of halogens is 8. The molecule has 0 aliphatic heterocycles. The predicted molar refractivity (Wildman–Crippen MR) is 209 cm³/mol. The van der Waals surface area contributed by atoms with Crippen LogP contribution in [-0.2, 0) is 24.4 Å². The molecule has 0 spiro atoms. The minimum Gasteiger partial charge on any atom is -0.497 e. The summed E-state index contributed by atoms with van der Waals surface area (Å²) in [7, 11) is -16.7. The first-order chi connectivity index (χ1) is 28.7. The molecule has 0 radical (unpaired) electrons. The average Bonchev–Trinajstić information content (AvgIpc) is 3.19. The highest BCUT2D eigenvalue weighted by Gasteiger charge is 2.43. The molecule has 0 aromatic heterocycles. The molecule has 0 bridgehead atoms. The Labute approximate surface area is 348 Å². The summed E-state index contributed by atoms with van der Waals surface area (Å²) in [6, 6.07) is 16.1. The molecular formula is C41H32F8O10P2S. The van der Waals surface area contributed by atoms with E-state index in [-0.39, 0.29) is 11.5 Å². The zero-order chi connectivity index (χ0) is 46.0. The third-order valence-corrected chi connectivity index (χ3v) is 14.2. The highest BCUT2D eigenvalue weighted by molar-refractivity contribution is 7.95. The van der Waals surface area contributed by atoms with Crippen molar-refractivity contribution in [2.75, 3.05) is 7.11 Å². The van der Waals surface area contributed by atoms with Crippen LogP contribution in [0.4, 0.5) is 35.1 Å². The molecule has 5 aromatic carbocycles. The SMILES string of the molecule is COc1ccc(S(=O)(=O)C2=CC=C(Oc3ccc(C(C)(C)c4ccc(C)cc4)cc3)CC2c2c(F)c(F)c(P(=O)(O)O)c(F)c2F)c(-c2c(F)c(F)c(P(=O)(O)O)c(F)c2F)c1. The molecule has 0 fully saturated rings. The van der Waals surface area contributed by atoms with Crippen molar-refractivity contribution in [1.82, 2.24) is 0 Å². The Kier molecular flexibility index (Phi) is 12.4. The Hall–Kier alpha value is -5.13. The molecule has 1 unspecified atom stereocenters. The van der Waals surface area contributed by atoms with Crippen LogP contribution in [0.2, 0.25) is 0 Å². The predicted octanol–water partition coefficient (Wildman–Crippen LogP) is 8.52. The van der Waals surface area contributed by atoms with Crippen molar-refractivity contribution in [2.24, 2.45) is 0 Å². The van der Waals surface area contributed by atoms with Crippen LogP contribution in [-0.4, -0.2) is 35.1 Å². The highest BCUT2D eigenvalue weighted by Crippen LogP contribution is 2.48. The fraction of sp³-hybridized carbons (Fsp3) is 0.171. The quantitative estimate of drug-likeness (QED) is 0.0573. The number of ether oxygens (including phenoxy) is 2. The van der Waals surface area contributed by atoms with Crippen molar-refractivity contribution in [3.8, 4) is 22.6 Å². The number of rotatable bonds is 11. The van der Waals surface area contributed by atoms with Gasteiger partial charge in [-0.1, -0.05) is 55.8 Å². The molecule has 1 aliphatic rings. The standard InChI is InChI=1S/C41H32F8O10P2S/c1-19-5-7-20(8-6-19)41(2,3)21-9-11-22(12-10-21)59-24-14-16-28(26(18-24)30-33(44)37(48)40(61(53,54)55)38(49)34(30)45)62(56,57)27-15-13-23(58-4)17-25(27)29-31(42)35(46)39(60(50,51)52)36(47)32(29)43/h5-17,26H,18H2,1-4H3,(H2,50,51,52)(H2,53,54,55). The topological polar surface area (TPSA) is 168 Å². The number of methoxy groups -OCH3 is 1. The molecule has 0 saturated heterocycles. The van der Waals surface area contributed by atoms with Gasteiger partial charge in [0, 0.05) is 28.9 Å². The van der Waals surface area contributed by atoms with Crippen LogP contribution >= 0.6 is 15.2 Å². The molecule has 328 valence electrons. The van der Waals surface area contributed by atoms with Crippen molar-refractivity contribution < 1.29 is 81.7 Å². The molecule has 1 aliphatic carbocycles. The summed E-state index contributed by atoms with van der Waals surface area (Å²) in [6.07, 6.45) is 0.620. The Bertz CT molecular complexity index is 2870. The van der Waals surface area contributed by atoms with Crippen molar-refractivity contribution in [2.45, 2.75) is 43.4 Å². The number of allylic oxidation sites excluding steroid dienone is 4. The van der Waals surface area contributed by atoms with Gasteiger partial charge < -0.3 is 29.0 Å². The van der Waals surface area contributed by atoms with E-state index in [1.807, 2.05) is 45.0 Å². The summed E-state index contributed by atoms with van der Waals surface area (Å²) < 4.78 is 188. The lowest BCUT2D eigenvalue weighted by atomic mass is 9.78. The monoisotopic (exact) mass is 930 g/mol. The molecule has 5 aromatic rings. The van der Waals surface area contributed by atoms with Crippen molar-refractivity contribution in [1.29, 1.82) is 0 Å². The van der Waals surface area contributed by atoms with Crippen LogP contribution in [0.15, 0.2) is 94.4 Å². The summed E-state index contributed by atoms with van der Waals surface area (Å²) in [5.41, 5.74) is -2.56. The lowest BCUT2D eigenvalue weighted by molar-refractivity contribution is 0.371. The van der Waals surface area contributed by atoms with E-state index in [2.05, 4.69) is 0 Å². The Morgan fingerprint density at radius 2 is 1.10 bits per heavy atom. The van der Waals surface area contributed by atoms with Gasteiger partial charge in [-0.2, -0.15) is 0 Å². The first-order valence-corrected chi connectivity index (χ1v) is 22.5. The number of sulfone groups is 1. The van der Waals surface area contributed by atoms with Gasteiger partial charge in [0.2, 0.25) is 9.84 Å². The number of benzene rings is 5. The number of hydrogen-bond acceptors (Lipinski definition) is 6. The molecule has 0 amide bonds. The Morgan fingerprint density at radius 1 is 0.645 bits per heavy atom. The van der Waals surface area contributed by atoms with Gasteiger partial charge >= 0.3 is 15.2 Å². The van der Waals surface area contributed by atoms with Gasteiger partial charge in [-0.3, -0.25) is 9.13 Å². The molecule has 1 atom stereocenters. The maximum atomic E-state index is 16.0. The molecule has 10 nitrogen and oxygen atoms in total. The molecule has 6 rings (SSSR count). The molecular weight excluding hydrogens is 898 g/mol. The second-order valence-corrected chi connectivity index (χ2v) is 19.5. The van der Waals surface area contributed by atoms with Crippen LogP contribution in [0.1, 0.15) is 48.4 Å². The van der Waals surface area contributed by atoms with Crippen molar-refractivity contribution in [3.05, 3.63) is 158 Å². The summed E-state index contributed by atoms with van der Waals surface area (Å²) in [5.74, 6) is -23.3. The van der Waals surface area contributed by atoms with Gasteiger partial charge in [0.05, 0.1) is 22.5 Å². The lowest BCUT2D eigenvalue weighted by Gasteiger charge is -2.28. The summed E-state index contributed by atoms with van der Waals surface area (Å²) >= 11 is 0. The van der Waals surface area contributed by atoms with Crippen LogP contribution in [0, 0.1) is 53.5 Å². The summed E-state index contributed by atoms with van der Waals surface area (Å²) in [5, 5.41) is -4.64. The van der Waals surface area contributed by atoms with E-state index in [0.29, 0.717) is 18.2 Å². The molecule has 4 N–H and O–H groups in total. The van der Waals surface area contributed by atoms with Gasteiger partial charge in [-0.15, -0.1) is 0 Å². The Morgan fingerprint density at radius 3 is 1.56 bits per heavy atom. The molecule has 0 saturated carbocycles. The van der Waals surface area contributed by atoms with Crippen LogP contribution in [0.3, 0.4) is 0 Å². The van der Waals surface area contributed by atoms with Crippen molar-refractivity contribution in [3.63, 3.8) is 0 Å². The van der Waals surface area contributed by atoms with Gasteiger partial charge in [-0.25, -0.2) is 43.5 Å². The van der Waals surface area contributed by atoms with Gasteiger partial charge in [0.15, 0.2) is 46.5 Å². The third kappa shape index (κ3) is 8.26. The van der Waals surface area contributed by atoms with Gasteiger partial charge in [0.25, 0.3) is 0 Å². The molecule has 21 heteroatoms. The van der Waals surface area contributed by atoms with E-state index >= 15 is 35.1 Å². The first kappa shape index (κ1) is 46.4. The van der Waals surface area contributed by atoms with E-state index < -0.39 is 132 Å². The minimum atomic E-state index is -6.07. The van der Waals surface area contributed by atoms with E-state index in [1.54, 1.807) is 12.1 Å². The van der Waals surface area contributed by atoms with E-state index in [4.69, 9.17) is 9.47 Å². The zero-order valence-electron chi connectivity index (χ0n) is 32.4. The number of hydrogen-bond donors (Lipinski definition) is 4. The first-order valence-electron chi connectivity index (χ1n) is 17.8. The van der Waals surface area contributed by atoms with E-state index in [0.717, 1.165) is 35.9 Å². The largest absolute Gasteiger partial charge is 0.497 e. The van der Waals surface area contributed by atoms with Crippen LogP contribution < -0.4 is 20.1 Å². The minimum absolute atomic E-state index is 0.0690. The van der Waals surface area contributed by atoms with Gasteiger partial charge in [0.1, 0.15) is 27.9 Å². The lowest BCUT2D eigenvalue weighted by Crippen LogP contribution is -2.26. The normalized spacial score (nSPS) is 15.0. The number of aryl methyl sites for hydroxylation is 1. The smallest absolute Gasteiger partial charge is 0.362 e. The Balaban J connectivity index is 1.54. The van der Waals surface area contributed by atoms with Crippen LogP contribution in [0.5, 0.6) is 11.5 Å². The highest BCUT2D eigenvalue weighted by atomic mass is 32.2. The zero-order valence-corrected chi connectivity index (χ0v) is 35.0. The second-order valence-electron chi connectivity index (χ2n) is 14.5. The fourth-order valence-corrected chi connectivity index (χ4v) is 10.2. The van der Waals surface area contributed by atoms with Gasteiger partial charge in [-0.05, 0) is 60.5 Å². The van der Waals surface area contributed by atoms with E-state index in [1.165, 1.54) is 12.1 Å². The molecule has 0 heterocycles. The molecule has 62 heavy (non-hydrogen) atoms.